The zero-order valence-electron chi connectivity index (χ0n) is 7.47. The average molecular weight is 210 g/mol. The Bertz CT molecular complexity index is 248. The zero-order chi connectivity index (χ0) is 9.90. The Kier molecular flexibility index (Phi) is 3.66. The molecule has 13 heavy (non-hydrogen) atoms. The van der Waals surface area contributed by atoms with Gasteiger partial charge in [0, 0.05) is 6.61 Å². The quantitative estimate of drug-likeness (QED) is 0.381. The van der Waals surface area contributed by atoms with E-state index in [1.165, 1.54) is 0 Å². The molecule has 1 heterocycles. The van der Waals surface area contributed by atoms with Crippen LogP contribution in [0.4, 0.5) is 0 Å². The maximum Gasteiger partial charge on any atom is 0.264 e. The molecule has 1 fully saturated rings. The molecule has 6 heteroatoms. The van der Waals surface area contributed by atoms with Crippen LogP contribution in [-0.2, 0) is 19.6 Å². The highest BCUT2D eigenvalue weighted by Crippen LogP contribution is 2.20. The van der Waals surface area contributed by atoms with Crippen LogP contribution < -0.4 is 0 Å². The minimum absolute atomic E-state index is 0.172. The lowest BCUT2D eigenvalue weighted by Crippen LogP contribution is -2.09. The first-order valence-electron chi connectivity index (χ1n) is 4.17. The molecule has 1 aliphatic rings. The van der Waals surface area contributed by atoms with Crippen LogP contribution >= 0.6 is 0 Å². The molecule has 2 unspecified atom stereocenters. The van der Waals surface area contributed by atoms with Crippen LogP contribution in [0.3, 0.4) is 0 Å². The van der Waals surface area contributed by atoms with E-state index in [1.807, 2.05) is 6.92 Å². The fraction of sp³-hybridized carbons (Fsp3) is 1.00. The van der Waals surface area contributed by atoms with E-state index in [1.54, 1.807) is 0 Å². The minimum atomic E-state index is -3.83. The highest BCUT2D eigenvalue weighted by atomic mass is 32.2. The minimum Gasteiger partial charge on any atom is -0.379 e. The number of hydrogen-bond donors (Lipinski definition) is 1. The van der Waals surface area contributed by atoms with Crippen LogP contribution in [0.5, 0.6) is 0 Å². The fourth-order valence-corrected chi connectivity index (χ4v) is 1.43. The maximum atomic E-state index is 10.3. The Morgan fingerprint density at radius 3 is 2.62 bits per heavy atom. The van der Waals surface area contributed by atoms with Crippen molar-refractivity contribution in [3.05, 3.63) is 0 Å². The number of epoxide rings is 1. The second-order valence-electron chi connectivity index (χ2n) is 3.09. The normalized spacial score (nSPS) is 27.5. The van der Waals surface area contributed by atoms with Crippen molar-refractivity contribution < 1.29 is 22.4 Å². The van der Waals surface area contributed by atoms with Gasteiger partial charge in [-0.25, -0.2) is 0 Å². The summed E-state index contributed by atoms with van der Waals surface area (Å²) in [4.78, 5) is 0. The summed E-state index contributed by atoms with van der Waals surface area (Å²) >= 11 is 0. The molecule has 78 valence electrons. The molecule has 0 saturated carbocycles. The van der Waals surface area contributed by atoms with Crippen LogP contribution in [0.25, 0.3) is 0 Å². The van der Waals surface area contributed by atoms with Gasteiger partial charge in [0.1, 0.15) is 6.10 Å². The summed E-state index contributed by atoms with van der Waals surface area (Å²) in [6.45, 7) is 2.80. The van der Waals surface area contributed by atoms with Crippen molar-refractivity contribution in [1.82, 2.24) is 0 Å². The van der Waals surface area contributed by atoms with Crippen LogP contribution in [0.15, 0.2) is 0 Å². The summed E-state index contributed by atoms with van der Waals surface area (Å²) in [5.74, 6) is -0.242. The van der Waals surface area contributed by atoms with Gasteiger partial charge in [-0.05, 0) is 13.3 Å². The largest absolute Gasteiger partial charge is 0.379 e. The summed E-state index contributed by atoms with van der Waals surface area (Å²) in [6.07, 6.45) is 0.757. The molecule has 0 aromatic rings. The Labute approximate surface area is 77.8 Å². The highest BCUT2D eigenvalue weighted by molar-refractivity contribution is 7.85. The van der Waals surface area contributed by atoms with Crippen molar-refractivity contribution in [2.75, 3.05) is 19.0 Å². The standard InChI is InChI=1S/C7H14O5S/c1-6-7(12-6)5-11-3-2-4-13(8,9)10/h6-7H,2-5H2,1H3,(H,8,9,10). The van der Waals surface area contributed by atoms with E-state index < -0.39 is 10.1 Å². The third-order valence-corrected chi connectivity index (χ3v) is 2.61. The maximum absolute atomic E-state index is 10.3. The molecule has 0 spiro atoms. The summed E-state index contributed by atoms with van der Waals surface area (Å²) in [5.41, 5.74) is 0. The van der Waals surface area contributed by atoms with Crippen molar-refractivity contribution in [3.8, 4) is 0 Å². The molecular weight excluding hydrogens is 196 g/mol. The second kappa shape index (κ2) is 4.36. The third kappa shape index (κ3) is 5.20. The van der Waals surface area contributed by atoms with Crippen LogP contribution in [0.1, 0.15) is 13.3 Å². The second-order valence-corrected chi connectivity index (χ2v) is 4.67. The fourth-order valence-electron chi connectivity index (χ4n) is 0.948. The van der Waals surface area contributed by atoms with Gasteiger partial charge in [-0.15, -0.1) is 0 Å². The smallest absolute Gasteiger partial charge is 0.264 e. The van der Waals surface area contributed by atoms with Gasteiger partial charge >= 0.3 is 0 Å². The van der Waals surface area contributed by atoms with Crippen molar-refractivity contribution in [1.29, 1.82) is 0 Å². The van der Waals surface area contributed by atoms with E-state index in [0.717, 1.165) is 0 Å². The molecule has 0 aromatic heterocycles. The lowest BCUT2D eigenvalue weighted by molar-refractivity contribution is 0.117. The SMILES string of the molecule is CC1OC1COCCCS(=O)(=O)O. The first-order chi connectivity index (χ1) is 5.99. The lowest BCUT2D eigenvalue weighted by atomic mass is 10.4. The van der Waals surface area contributed by atoms with E-state index in [4.69, 9.17) is 14.0 Å². The molecule has 1 aliphatic heterocycles. The van der Waals surface area contributed by atoms with E-state index in [-0.39, 0.29) is 18.0 Å². The van der Waals surface area contributed by atoms with Gasteiger partial charge in [0.2, 0.25) is 0 Å². The topological polar surface area (TPSA) is 76.1 Å². The molecule has 0 aromatic carbocycles. The van der Waals surface area contributed by atoms with Crippen molar-refractivity contribution >= 4 is 10.1 Å². The molecule has 0 aliphatic carbocycles. The molecule has 0 amide bonds. The van der Waals surface area contributed by atoms with E-state index in [9.17, 15) is 8.42 Å². The summed E-state index contributed by atoms with van der Waals surface area (Å²) in [7, 11) is -3.83. The van der Waals surface area contributed by atoms with Crippen molar-refractivity contribution in [3.63, 3.8) is 0 Å². The molecule has 5 nitrogen and oxygen atoms in total. The van der Waals surface area contributed by atoms with E-state index >= 15 is 0 Å². The van der Waals surface area contributed by atoms with Crippen molar-refractivity contribution in [2.24, 2.45) is 0 Å². The van der Waals surface area contributed by atoms with Crippen molar-refractivity contribution in [2.45, 2.75) is 25.6 Å². The average Bonchev–Trinajstić information content (AvgIpc) is 2.63. The number of ether oxygens (including phenoxy) is 2. The summed E-state index contributed by atoms with van der Waals surface area (Å²) in [5, 5.41) is 0. The van der Waals surface area contributed by atoms with Gasteiger partial charge in [0.05, 0.1) is 18.5 Å². The first-order valence-corrected chi connectivity index (χ1v) is 5.78. The summed E-state index contributed by atoms with van der Waals surface area (Å²) < 4.78 is 39.1. The molecule has 1 rings (SSSR count). The van der Waals surface area contributed by atoms with E-state index in [0.29, 0.717) is 19.6 Å². The Morgan fingerprint density at radius 1 is 1.54 bits per heavy atom. The molecule has 0 bridgehead atoms. The van der Waals surface area contributed by atoms with E-state index in [2.05, 4.69) is 0 Å². The van der Waals surface area contributed by atoms with Gasteiger partial charge in [0.15, 0.2) is 0 Å². The zero-order valence-corrected chi connectivity index (χ0v) is 8.29. The Balaban J connectivity index is 1.90. The van der Waals surface area contributed by atoms with Gasteiger partial charge in [-0.1, -0.05) is 0 Å². The van der Waals surface area contributed by atoms with Gasteiger partial charge < -0.3 is 9.47 Å². The molecule has 1 N–H and O–H groups in total. The predicted octanol–water partition coefficient (Wildman–Crippen LogP) is 0.0682. The van der Waals surface area contributed by atoms with Gasteiger partial charge in [-0.3, -0.25) is 4.55 Å². The lowest BCUT2D eigenvalue weighted by Gasteiger charge is -1.99. The van der Waals surface area contributed by atoms with Crippen LogP contribution in [0.2, 0.25) is 0 Å². The number of hydrogen-bond acceptors (Lipinski definition) is 4. The monoisotopic (exact) mass is 210 g/mol. The molecule has 0 radical (unpaired) electrons. The molecule has 2 atom stereocenters. The number of rotatable bonds is 6. The van der Waals surface area contributed by atoms with Crippen LogP contribution in [-0.4, -0.2) is 44.1 Å². The predicted molar refractivity (Wildman–Crippen MR) is 46.2 cm³/mol. The molecule has 1 saturated heterocycles. The Hall–Kier alpha value is -0.170. The highest BCUT2D eigenvalue weighted by Gasteiger charge is 2.33. The third-order valence-electron chi connectivity index (χ3n) is 1.81. The van der Waals surface area contributed by atoms with Crippen LogP contribution in [0, 0.1) is 0 Å². The Morgan fingerprint density at radius 2 is 2.15 bits per heavy atom. The van der Waals surface area contributed by atoms with Gasteiger partial charge in [0.25, 0.3) is 10.1 Å². The first kappa shape index (κ1) is 10.9. The summed E-state index contributed by atoms with van der Waals surface area (Å²) in [6, 6.07) is 0. The van der Waals surface area contributed by atoms with Gasteiger partial charge in [-0.2, -0.15) is 8.42 Å². The molecular formula is C7H14O5S.